The van der Waals surface area contributed by atoms with Gasteiger partial charge in [-0.3, -0.25) is 0 Å². The monoisotopic (exact) mass is 939 g/mol. The Balaban J connectivity index is 1.48. The number of diazo groups is 3. The lowest BCUT2D eigenvalue weighted by molar-refractivity contribution is 0.0497. The summed E-state index contributed by atoms with van der Waals surface area (Å²) >= 11 is 0. The average Bonchev–Trinajstić information content (AvgIpc) is 3.28. The van der Waals surface area contributed by atoms with E-state index in [0.29, 0.717) is 25.0 Å². The summed E-state index contributed by atoms with van der Waals surface area (Å²) < 4.78 is 108. The number of aromatic hydroxyl groups is 3. The average molecular weight is 940 g/mol. The zero-order valence-corrected chi connectivity index (χ0v) is 35.8. The molecule has 65 heavy (non-hydrogen) atoms. The number of carbonyl (C=O) groups is 1. The number of unbranched alkanes of at least 4 members (excludes halogenated alkanes) is 2. The quantitative estimate of drug-likeness (QED) is 0.0395. The van der Waals surface area contributed by atoms with Crippen molar-refractivity contribution in [2.24, 2.45) is 0 Å². The normalized spacial score (nSPS) is 11.7. The highest BCUT2D eigenvalue weighted by Gasteiger charge is 2.34. The second-order valence-electron chi connectivity index (χ2n) is 13.9. The zero-order chi connectivity index (χ0) is 46.8. The minimum atomic E-state index is -5.32. The van der Waals surface area contributed by atoms with Gasteiger partial charge in [-0.25, -0.2) is 4.79 Å². The second kappa shape index (κ2) is 17.5. The largest absolute Gasteiger partial charge is 0.501 e. The molecule has 0 bridgehead atoms. The van der Waals surface area contributed by atoms with E-state index in [-0.39, 0.29) is 56.0 Å². The van der Waals surface area contributed by atoms with Crippen molar-refractivity contribution in [2.75, 3.05) is 6.61 Å². The van der Waals surface area contributed by atoms with Crippen molar-refractivity contribution in [3.05, 3.63) is 124 Å². The number of phenolic OH excluding ortho intramolecular Hbond substituents is 3. The van der Waals surface area contributed by atoms with Crippen LogP contribution < -0.4 is 12.5 Å². The van der Waals surface area contributed by atoms with Crippen LogP contribution in [0.3, 0.4) is 0 Å². The third kappa shape index (κ3) is 8.47. The molecule has 0 amide bonds. The molecule has 7 aromatic carbocycles. The van der Waals surface area contributed by atoms with Crippen LogP contribution in [0.4, 0.5) is 17.1 Å². The summed E-state index contributed by atoms with van der Waals surface area (Å²) in [6.07, 6.45) is 1.77. The predicted molar refractivity (Wildman–Crippen MR) is 231 cm³/mol. The van der Waals surface area contributed by atoms with Crippen LogP contribution in [0.15, 0.2) is 118 Å². The van der Waals surface area contributed by atoms with Gasteiger partial charge in [-0.2, -0.15) is 25.3 Å². The van der Waals surface area contributed by atoms with Crippen LogP contribution in [0.5, 0.6) is 34.5 Å². The van der Waals surface area contributed by atoms with Gasteiger partial charge in [0.05, 0.1) is 12.2 Å². The molecule has 20 nitrogen and oxygen atoms in total. The Kier molecular flexibility index (Phi) is 12.0. The molecule has 0 saturated heterocycles. The van der Waals surface area contributed by atoms with Crippen LogP contribution in [0, 0.1) is 16.2 Å². The van der Waals surface area contributed by atoms with Crippen LogP contribution in [0.25, 0.3) is 47.2 Å². The third-order valence-electron chi connectivity index (χ3n) is 9.88. The molecule has 0 saturated carbocycles. The number of hydrogen-bond donors (Lipinski definition) is 3. The summed E-state index contributed by atoms with van der Waals surface area (Å²) in [5.74, 6) is -6.60. The maximum atomic E-state index is 14.4. The van der Waals surface area contributed by atoms with Gasteiger partial charge in [0.1, 0.15) is 14.7 Å². The van der Waals surface area contributed by atoms with E-state index in [1.807, 2.05) is 6.92 Å². The topological polar surface area (TPSA) is 302 Å². The lowest BCUT2D eigenvalue weighted by Crippen LogP contribution is -2.18. The smallest absolute Gasteiger partial charge is 0.426 e. The van der Waals surface area contributed by atoms with Crippen LogP contribution in [-0.2, 0) is 35.1 Å². The molecule has 0 aliphatic heterocycles. The molecular weight excluding hydrogens is 909 g/mol. The standard InChI is InChI=1S/C42H28N6O14S3/c1-2-3-4-20-59-42(52)23-21-33(60-63(53,54)35-11-5-8-27-24(35)14-17-30(46-43)38(27)49)41(62-65(57,58)37-13-7-10-29-26(37)16-19-32(48-45)40(29)51)34(22-23)61-64(55,56)36-12-6-9-28-25(36)15-18-31(47-44)39(28)50/h5-19,21-22H,2-4,20H2,1H3/p+3. The highest BCUT2D eigenvalue weighted by molar-refractivity contribution is 7.88. The van der Waals surface area contributed by atoms with Crippen molar-refractivity contribution in [3.8, 4) is 34.5 Å². The van der Waals surface area contributed by atoms with Gasteiger partial charge >= 0.3 is 53.4 Å². The molecule has 0 spiro atoms. The summed E-state index contributed by atoms with van der Waals surface area (Å²) in [4.78, 5) is 20.5. The number of phenols is 3. The molecule has 0 aliphatic rings. The molecular formula is C42H31N6O14S3+3. The molecule has 7 aromatic rings. The number of esters is 1. The van der Waals surface area contributed by atoms with Gasteiger partial charge in [-0.05, 0) is 42.8 Å². The number of hydrogen-bond acceptors (Lipinski definition) is 17. The fourth-order valence-corrected chi connectivity index (χ4v) is 10.2. The van der Waals surface area contributed by atoms with Gasteiger partial charge in [0, 0.05) is 62.6 Å². The fourth-order valence-electron chi connectivity index (χ4n) is 6.78. The first-order valence-electron chi connectivity index (χ1n) is 18.9. The van der Waals surface area contributed by atoms with Gasteiger partial charge in [0.25, 0.3) is 0 Å². The highest BCUT2D eigenvalue weighted by atomic mass is 32.2. The van der Waals surface area contributed by atoms with Crippen LogP contribution in [0.1, 0.15) is 36.5 Å². The molecule has 0 atom stereocenters. The summed E-state index contributed by atoms with van der Waals surface area (Å²) in [5.41, 5.74) is -1.60. The van der Waals surface area contributed by atoms with Crippen molar-refractivity contribution in [2.45, 2.75) is 40.9 Å². The summed E-state index contributed by atoms with van der Waals surface area (Å²) in [6, 6.07) is 18.6. The van der Waals surface area contributed by atoms with Gasteiger partial charge in [0.15, 0.2) is 26.4 Å². The molecule has 0 radical (unpaired) electrons. The van der Waals surface area contributed by atoms with E-state index in [2.05, 4.69) is 14.9 Å². The summed E-state index contributed by atoms with van der Waals surface area (Å²) in [7, 11) is -15.8. The van der Waals surface area contributed by atoms with Crippen molar-refractivity contribution < 1.29 is 62.7 Å². The number of ether oxygens (including phenoxy) is 1. The minimum Gasteiger partial charge on any atom is -0.501 e. The highest BCUT2D eigenvalue weighted by Crippen LogP contribution is 2.46. The lowest BCUT2D eigenvalue weighted by atomic mass is 10.1. The van der Waals surface area contributed by atoms with Crippen LogP contribution in [-0.4, -0.2) is 53.1 Å². The van der Waals surface area contributed by atoms with Crippen LogP contribution in [0.2, 0.25) is 0 Å². The van der Waals surface area contributed by atoms with Gasteiger partial charge in [0.2, 0.25) is 39.2 Å². The van der Waals surface area contributed by atoms with Gasteiger partial charge in [-0.1, -0.05) is 56.2 Å². The molecule has 23 heteroatoms. The first-order valence-corrected chi connectivity index (χ1v) is 23.2. The minimum absolute atomic E-state index is 0.138. The maximum Gasteiger partial charge on any atom is 0.426 e. The molecule has 3 N–H and O–H groups in total. The Hall–Kier alpha value is -8.30. The molecule has 0 unspecified atom stereocenters. The van der Waals surface area contributed by atoms with E-state index in [1.165, 1.54) is 48.5 Å². The summed E-state index contributed by atoms with van der Waals surface area (Å²) in [5, 5.41) is 59.1. The first kappa shape index (κ1) is 44.7. The summed E-state index contributed by atoms with van der Waals surface area (Å²) in [6.45, 7) is 1.74. The van der Waals surface area contributed by atoms with Crippen molar-refractivity contribution in [3.63, 3.8) is 0 Å². The predicted octanol–water partition coefficient (Wildman–Crippen LogP) is 9.37. The number of fused-ring (bicyclic) bond motifs is 3. The Labute approximate surface area is 368 Å². The molecule has 7 rings (SSSR count). The van der Waals surface area contributed by atoms with E-state index >= 15 is 0 Å². The zero-order valence-electron chi connectivity index (χ0n) is 33.4. The molecule has 0 fully saturated rings. The Bertz CT molecular complexity index is 3470. The van der Waals surface area contributed by atoms with Crippen molar-refractivity contribution in [1.82, 2.24) is 0 Å². The number of nitrogens with zero attached hydrogens (tertiary/aromatic N) is 6. The van der Waals surface area contributed by atoms with Gasteiger partial charge in [-0.15, -0.1) is 0 Å². The van der Waals surface area contributed by atoms with Crippen molar-refractivity contribution >= 4 is 85.7 Å². The first-order chi connectivity index (χ1) is 31.0. The lowest BCUT2D eigenvalue weighted by Gasteiger charge is -2.19. The van der Waals surface area contributed by atoms with Crippen molar-refractivity contribution in [1.29, 1.82) is 16.2 Å². The fraction of sp³-hybridized carbons (Fsp3) is 0.119. The Morgan fingerprint density at radius 3 is 1.25 bits per heavy atom. The van der Waals surface area contributed by atoms with E-state index in [0.717, 1.165) is 48.9 Å². The number of carbonyl (C=O) groups excluding carboxylic acids is 1. The third-order valence-corrected chi connectivity index (χ3v) is 13.7. The Morgan fingerprint density at radius 2 is 0.892 bits per heavy atom. The van der Waals surface area contributed by atoms with Gasteiger partial charge < -0.3 is 32.6 Å². The molecule has 328 valence electrons. The number of benzene rings is 7. The van der Waals surface area contributed by atoms with E-state index < -0.39 is 91.1 Å². The molecule has 0 aromatic heterocycles. The van der Waals surface area contributed by atoms with E-state index in [1.54, 1.807) is 0 Å². The number of rotatable bonds is 14. The van der Waals surface area contributed by atoms with Crippen LogP contribution >= 0.6 is 0 Å². The van der Waals surface area contributed by atoms with E-state index in [9.17, 15) is 61.5 Å². The second-order valence-corrected chi connectivity index (χ2v) is 18.5. The maximum absolute atomic E-state index is 14.4. The Morgan fingerprint density at radius 1 is 0.523 bits per heavy atom. The van der Waals surface area contributed by atoms with E-state index in [4.69, 9.17) is 17.3 Å². The molecule has 0 heterocycles. The SMILES string of the molecule is CCCCCOC(=O)c1cc(OS(=O)(=O)c2cccc3c(O)c([N+]#N)ccc23)c(OS(=O)(=O)c2cccc3c(O)c([N+]#N)ccc23)c(OS(=O)(=O)c2cccc3c(O)c([N+]#N)ccc23)c1. The molecule has 0 aliphatic carbocycles.